The van der Waals surface area contributed by atoms with E-state index in [2.05, 4.69) is 37.7 Å². The van der Waals surface area contributed by atoms with Crippen molar-refractivity contribution >= 4 is 0 Å². The lowest BCUT2D eigenvalue weighted by atomic mass is 9.95. The number of aryl methyl sites for hydroxylation is 3. The summed E-state index contributed by atoms with van der Waals surface area (Å²) in [5.74, 6) is 0. The van der Waals surface area contributed by atoms with Crippen LogP contribution in [0, 0.1) is 27.3 Å². The average molecular weight is 187 g/mol. The number of benzene rings is 1. The van der Waals surface area contributed by atoms with Crippen molar-refractivity contribution in [3.63, 3.8) is 0 Å². The number of hydrogen-bond donors (Lipinski definition) is 0. The normalized spacial score (nSPS) is 12.2. The van der Waals surface area contributed by atoms with Crippen molar-refractivity contribution in [1.29, 1.82) is 0 Å². The molecule has 0 heterocycles. The van der Waals surface area contributed by atoms with Gasteiger partial charge in [0.2, 0.25) is 6.04 Å². The van der Waals surface area contributed by atoms with Gasteiger partial charge in [0.1, 0.15) is 0 Å². The summed E-state index contributed by atoms with van der Waals surface area (Å²) in [5, 5.41) is 0. The molecule has 0 amide bonds. The van der Waals surface area contributed by atoms with Crippen LogP contribution in [-0.2, 0) is 6.42 Å². The Morgan fingerprint density at radius 2 is 1.71 bits per heavy atom. The largest absolute Gasteiger partial charge is 0.314 e. The standard InChI is InChI=1S/C13H17N/c1-9-6-10(2)13(11(3)7-9)8-12(4)14-5/h6-7,12H,8H2,1-4H3. The maximum absolute atomic E-state index is 6.97. The summed E-state index contributed by atoms with van der Waals surface area (Å²) < 4.78 is 0. The van der Waals surface area contributed by atoms with Crippen molar-refractivity contribution in [3.8, 4) is 0 Å². The Hall–Kier alpha value is -1.29. The first kappa shape index (κ1) is 10.8. The third kappa shape index (κ3) is 2.35. The Labute approximate surface area is 86.6 Å². The van der Waals surface area contributed by atoms with Crippen LogP contribution in [0.15, 0.2) is 12.1 Å². The van der Waals surface area contributed by atoms with Crippen molar-refractivity contribution in [1.82, 2.24) is 0 Å². The van der Waals surface area contributed by atoms with Gasteiger partial charge in [-0.3, -0.25) is 0 Å². The van der Waals surface area contributed by atoms with Gasteiger partial charge in [0.05, 0.1) is 0 Å². The average Bonchev–Trinajstić information content (AvgIpc) is 2.10. The summed E-state index contributed by atoms with van der Waals surface area (Å²) >= 11 is 0. The van der Waals surface area contributed by atoms with Crippen LogP contribution in [0.25, 0.3) is 4.85 Å². The molecule has 1 aromatic rings. The van der Waals surface area contributed by atoms with Crippen molar-refractivity contribution in [3.05, 3.63) is 45.8 Å². The van der Waals surface area contributed by atoms with Gasteiger partial charge in [0, 0.05) is 13.3 Å². The molecular formula is C13H17N. The minimum atomic E-state index is 0.0927. The highest BCUT2D eigenvalue weighted by atomic mass is 14.7. The van der Waals surface area contributed by atoms with Crippen molar-refractivity contribution in [2.75, 3.05) is 0 Å². The third-order valence-electron chi connectivity index (χ3n) is 2.56. The lowest BCUT2D eigenvalue weighted by molar-refractivity contribution is 0.832. The summed E-state index contributed by atoms with van der Waals surface area (Å²) in [6.07, 6.45) is 0.876. The van der Waals surface area contributed by atoms with Crippen LogP contribution in [0.4, 0.5) is 0 Å². The van der Waals surface area contributed by atoms with E-state index in [4.69, 9.17) is 6.57 Å². The molecular weight excluding hydrogens is 170 g/mol. The molecule has 1 heteroatoms. The van der Waals surface area contributed by atoms with Crippen LogP contribution in [0.3, 0.4) is 0 Å². The Balaban J connectivity index is 3.04. The Morgan fingerprint density at radius 3 is 2.14 bits per heavy atom. The molecule has 0 radical (unpaired) electrons. The van der Waals surface area contributed by atoms with Gasteiger partial charge in [-0.2, -0.15) is 0 Å². The highest BCUT2D eigenvalue weighted by Crippen LogP contribution is 2.18. The molecule has 14 heavy (non-hydrogen) atoms. The molecule has 0 aliphatic heterocycles. The molecule has 1 unspecified atom stereocenters. The molecule has 0 saturated heterocycles. The maximum Gasteiger partial charge on any atom is 0.225 e. The molecule has 0 saturated carbocycles. The predicted molar refractivity (Wildman–Crippen MR) is 60.4 cm³/mol. The number of hydrogen-bond acceptors (Lipinski definition) is 0. The minimum Gasteiger partial charge on any atom is -0.314 e. The van der Waals surface area contributed by atoms with Crippen LogP contribution in [0.2, 0.25) is 0 Å². The van der Waals surface area contributed by atoms with Crippen LogP contribution in [0.1, 0.15) is 29.2 Å². The SMILES string of the molecule is [C-]#[N+]C(C)Cc1c(C)cc(C)cc1C. The number of nitrogens with zero attached hydrogens (tertiary/aromatic N) is 1. The molecule has 1 atom stereocenters. The quantitative estimate of drug-likeness (QED) is 0.624. The summed E-state index contributed by atoms with van der Waals surface area (Å²) in [7, 11) is 0. The molecule has 1 aromatic carbocycles. The third-order valence-corrected chi connectivity index (χ3v) is 2.56. The Bertz CT molecular complexity index is 348. The summed E-state index contributed by atoms with van der Waals surface area (Å²) in [6, 6.07) is 4.48. The maximum atomic E-state index is 6.97. The highest BCUT2D eigenvalue weighted by Gasteiger charge is 2.10. The van der Waals surface area contributed by atoms with E-state index in [-0.39, 0.29) is 6.04 Å². The van der Waals surface area contributed by atoms with Crippen LogP contribution < -0.4 is 0 Å². The number of rotatable bonds is 2. The lowest BCUT2D eigenvalue weighted by Crippen LogP contribution is -2.04. The summed E-state index contributed by atoms with van der Waals surface area (Å²) in [6.45, 7) is 15.3. The van der Waals surface area contributed by atoms with E-state index < -0.39 is 0 Å². The first-order valence-electron chi connectivity index (χ1n) is 4.98. The fourth-order valence-corrected chi connectivity index (χ4v) is 1.87. The minimum absolute atomic E-state index is 0.0927. The molecule has 1 rings (SSSR count). The van der Waals surface area contributed by atoms with E-state index in [1.807, 2.05) is 6.92 Å². The van der Waals surface area contributed by atoms with Gasteiger partial charge in [-0.05, 0) is 37.5 Å². The topological polar surface area (TPSA) is 4.36 Å². The molecule has 1 nitrogen and oxygen atoms in total. The van der Waals surface area contributed by atoms with E-state index in [1.54, 1.807) is 0 Å². The van der Waals surface area contributed by atoms with Gasteiger partial charge in [0.25, 0.3) is 0 Å². The van der Waals surface area contributed by atoms with Crippen molar-refractivity contribution in [2.24, 2.45) is 0 Å². The second-order valence-corrected chi connectivity index (χ2v) is 4.06. The van der Waals surface area contributed by atoms with Crippen molar-refractivity contribution < 1.29 is 0 Å². The van der Waals surface area contributed by atoms with Gasteiger partial charge < -0.3 is 4.85 Å². The van der Waals surface area contributed by atoms with Crippen LogP contribution in [-0.4, -0.2) is 6.04 Å². The fourth-order valence-electron chi connectivity index (χ4n) is 1.87. The molecule has 0 aliphatic carbocycles. The van der Waals surface area contributed by atoms with Gasteiger partial charge in [-0.1, -0.05) is 17.7 Å². The smallest absolute Gasteiger partial charge is 0.225 e. The molecule has 74 valence electrons. The first-order valence-corrected chi connectivity index (χ1v) is 4.98. The van der Waals surface area contributed by atoms with Gasteiger partial charge in [-0.15, -0.1) is 0 Å². The Morgan fingerprint density at radius 1 is 1.21 bits per heavy atom. The highest BCUT2D eigenvalue weighted by molar-refractivity contribution is 5.38. The first-order chi connectivity index (χ1) is 6.54. The second kappa shape index (κ2) is 4.28. The van der Waals surface area contributed by atoms with Crippen molar-refractivity contribution in [2.45, 2.75) is 40.2 Å². The second-order valence-electron chi connectivity index (χ2n) is 4.06. The predicted octanol–water partition coefficient (Wildman–Crippen LogP) is 3.46. The van der Waals surface area contributed by atoms with Gasteiger partial charge in [0.15, 0.2) is 0 Å². The molecule has 0 aromatic heterocycles. The van der Waals surface area contributed by atoms with E-state index in [0.29, 0.717) is 0 Å². The van der Waals surface area contributed by atoms with Gasteiger partial charge >= 0.3 is 0 Å². The van der Waals surface area contributed by atoms with E-state index in [9.17, 15) is 0 Å². The zero-order valence-corrected chi connectivity index (χ0v) is 9.39. The fraction of sp³-hybridized carbons (Fsp3) is 0.462. The summed E-state index contributed by atoms with van der Waals surface area (Å²) in [4.78, 5) is 3.54. The van der Waals surface area contributed by atoms with Gasteiger partial charge in [-0.25, -0.2) is 6.57 Å². The molecule has 0 aliphatic rings. The monoisotopic (exact) mass is 187 g/mol. The lowest BCUT2D eigenvalue weighted by Gasteiger charge is -2.10. The van der Waals surface area contributed by atoms with Crippen LogP contribution in [0.5, 0.6) is 0 Å². The van der Waals surface area contributed by atoms with E-state index in [0.717, 1.165) is 6.42 Å². The molecule has 0 fully saturated rings. The molecule has 0 bridgehead atoms. The zero-order chi connectivity index (χ0) is 10.7. The molecule has 0 spiro atoms. The van der Waals surface area contributed by atoms with E-state index in [1.165, 1.54) is 22.3 Å². The van der Waals surface area contributed by atoms with Crippen LogP contribution >= 0.6 is 0 Å². The zero-order valence-electron chi connectivity index (χ0n) is 9.39. The van der Waals surface area contributed by atoms with E-state index >= 15 is 0 Å². The summed E-state index contributed by atoms with van der Waals surface area (Å²) in [5.41, 5.74) is 5.29. The molecule has 0 N–H and O–H groups in total. The Kier molecular flexibility index (Phi) is 3.30.